The summed E-state index contributed by atoms with van der Waals surface area (Å²) >= 11 is 0. The highest BCUT2D eigenvalue weighted by molar-refractivity contribution is 6.74. The van der Waals surface area contributed by atoms with Crippen molar-refractivity contribution in [3.05, 3.63) is 65.7 Å². The first-order valence-corrected chi connectivity index (χ1v) is 14.7. The van der Waals surface area contributed by atoms with Crippen molar-refractivity contribution in [3.8, 4) is 5.75 Å². The Labute approximate surface area is 200 Å². The molecule has 1 aliphatic rings. The normalized spacial score (nSPS) is 19.6. The molecule has 0 bridgehead atoms. The van der Waals surface area contributed by atoms with Crippen molar-refractivity contribution in [1.29, 1.82) is 0 Å². The molecule has 3 rings (SSSR count). The van der Waals surface area contributed by atoms with Crippen LogP contribution in [0.4, 0.5) is 0 Å². The van der Waals surface area contributed by atoms with Gasteiger partial charge in [-0.3, -0.25) is 4.79 Å². The SMILES string of the molecule is COc1ccc(CN2C(=O)CC[C@H](O[Si](C)(C)C(C)(C)C)[C@H]2COCc2ccccc2)cc1. The van der Waals surface area contributed by atoms with Gasteiger partial charge in [0.05, 0.1) is 32.5 Å². The fourth-order valence-corrected chi connectivity index (χ4v) is 5.27. The predicted molar refractivity (Wildman–Crippen MR) is 135 cm³/mol. The van der Waals surface area contributed by atoms with Crippen LogP contribution >= 0.6 is 0 Å². The van der Waals surface area contributed by atoms with E-state index in [0.717, 1.165) is 23.3 Å². The molecule has 1 saturated heterocycles. The van der Waals surface area contributed by atoms with Gasteiger partial charge in [-0.15, -0.1) is 0 Å². The van der Waals surface area contributed by atoms with Crippen LogP contribution in [0.1, 0.15) is 44.7 Å². The zero-order chi connectivity index (χ0) is 24.1. The number of hydrogen-bond donors (Lipinski definition) is 0. The minimum atomic E-state index is -2.00. The fraction of sp³-hybridized carbons (Fsp3) is 0.519. The lowest BCUT2D eigenvalue weighted by atomic mass is 9.98. The Morgan fingerprint density at radius 1 is 1.00 bits per heavy atom. The van der Waals surface area contributed by atoms with Crippen molar-refractivity contribution in [2.24, 2.45) is 0 Å². The van der Waals surface area contributed by atoms with Gasteiger partial charge in [-0.2, -0.15) is 0 Å². The summed E-state index contributed by atoms with van der Waals surface area (Å²) in [6.07, 6.45) is 1.21. The molecular formula is C27H39NO4Si. The van der Waals surface area contributed by atoms with Crippen LogP contribution in [0.3, 0.4) is 0 Å². The van der Waals surface area contributed by atoms with Gasteiger partial charge in [0, 0.05) is 13.0 Å². The minimum Gasteiger partial charge on any atom is -0.497 e. The quantitative estimate of drug-likeness (QED) is 0.436. The number of benzene rings is 2. The largest absolute Gasteiger partial charge is 0.497 e. The highest BCUT2D eigenvalue weighted by atomic mass is 28.4. The Bertz CT molecular complexity index is 893. The zero-order valence-electron chi connectivity index (χ0n) is 21.0. The molecule has 0 radical (unpaired) electrons. The summed E-state index contributed by atoms with van der Waals surface area (Å²) in [6, 6.07) is 18.0. The smallest absolute Gasteiger partial charge is 0.223 e. The van der Waals surface area contributed by atoms with Gasteiger partial charge in [-0.05, 0) is 47.8 Å². The van der Waals surface area contributed by atoms with Crippen LogP contribution in [0.2, 0.25) is 18.1 Å². The first kappa shape index (κ1) is 25.5. The second kappa shape index (κ2) is 10.8. The summed E-state index contributed by atoms with van der Waals surface area (Å²) in [7, 11) is -0.345. The van der Waals surface area contributed by atoms with E-state index in [4.69, 9.17) is 13.9 Å². The van der Waals surface area contributed by atoms with Gasteiger partial charge >= 0.3 is 0 Å². The Balaban J connectivity index is 1.80. The molecule has 0 unspecified atom stereocenters. The molecule has 6 heteroatoms. The summed E-state index contributed by atoms with van der Waals surface area (Å²) in [5.74, 6) is 0.972. The highest BCUT2D eigenvalue weighted by Gasteiger charge is 2.44. The van der Waals surface area contributed by atoms with Crippen LogP contribution < -0.4 is 4.74 Å². The van der Waals surface area contributed by atoms with E-state index in [0.29, 0.717) is 26.2 Å². The third-order valence-electron chi connectivity index (χ3n) is 6.96. The van der Waals surface area contributed by atoms with Gasteiger partial charge in [0.15, 0.2) is 8.32 Å². The maximum Gasteiger partial charge on any atom is 0.223 e. The molecule has 2 aromatic carbocycles. The average Bonchev–Trinajstić information content (AvgIpc) is 2.78. The van der Waals surface area contributed by atoms with Crippen molar-refractivity contribution >= 4 is 14.2 Å². The van der Waals surface area contributed by atoms with Gasteiger partial charge in [-0.1, -0.05) is 63.2 Å². The molecule has 1 aliphatic heterocycles. The van der Waals surface area contributed by atoms with Gasteiger partial charge in [-0.25, -0.2) is 0 Å². The standard InChI is InChI=1S/C27H39NO4Si/c1-27(2,3)33(5,6)32-25-16-17-26(29)28(18-21-12-14-23(30-4)15-13-21)24(25)20-31-19-22-10-8-7-9-11-22/h7-15,24-25H,16-20H2,1-6H3/t24-,25+/m1/s1. The Kier molecular flexibility index (Phi) is 8.37. The molecule has 0 aromatic heterocycles. The summed E-state index contributed by atoms with van der Waals surface area (Å²) in [5, 5.41) is 0.102. The second-order valence-corrected chi connectivity index (χ2v) is 15.1. The number of methoxy groups -OCH3 is 1. The van der Waals surface area contributed by atoms with Crippen molar-refractivity contribution in [1.82, 2.24) is 4.90 Å². The maximum absolute atomic E-state index is 13.1. The maximum atomic E-state index is 13.1. The molecule has 1 fully saturated rings. The number of amides is 1. The number of hydrogen-bond acceptors (Lipinski definition) is 4. The predicted octanol–water partition coefficient (Wildman–Crippen LogP) is 5.79. The fourth-order valence-electron chi connectivity index (χ4n) is 3.88. The van der Waals surface area contributed by atoms with E-state index in [1.54, 1.807) is 7.11 Å². The molecule has 0 aliphatic carbocycles. The van der Waals surface area contributed by atoms with Crippen molar-refractivity contribution in [2.75, 3.05) is 13.7 Å². The Morgan fingerprint density at radius 3 is 2.27 bits per heavy atom. The number of nitrogens with zero attached hydrogens (tertiary/aromatic N) is 1. The van der Waals surface area contributed by atoms with Crippen LogP contribution in [0, 0.1) is 0 Å². The van der Waals surface area contributed by atoms with Gasteiger partial charge in [0.2, 0.25) is 5.91 Å². The highest BCUT2D eigenvalue weighted by Crippen LogP contribution is 2.39. The molecule has 180 valence electrons. The van der Waals surface area contributed by atoms with E-state index in [1.165, 1.54) is 0 Å². The van der Waals surface area contributed by atoms with Crippen LogP contribution in [-0.4, -0.2) is 45.0 Å². The van der Waals surface area contributed by atoms with Crippen molar-refractivity contribution in [2.45, 2.75) is 77.0 Å². The number of rotatable bonds is 9. The zero-order valence-corrected chi connectivity index (χ0v) is 22.0. The topological polar surface area (TPSA) is 48.0 Å². The molecule has 0 saturated carbocycles. The van der Waals surface area contributed by atoms with Gasteiger partial charge in [0.1, 0.15) is 5.75 Å². The number of carbonyl (C=O) groups is 1. The number of piperidine rings is 1. The molecule has 2 atom stereocenters. The molecule has 0 spiro atoms. The molecule has 5 nitrogen and oxygen atoms in total. The van der Waals surface area contributed by atoms with E-state index < -0.39 is 8.32 Å². The van der Waals surface area contributed by atoms with Gasteiger partial charge < -0.3 is 18.8 Å². The van der Waals surface area contributed by atoms with Gasteiger partial charge in [0.25, 0.3) is 0 Å². The Hall–Kier alpha value is -2.15. The third-order valence-corrected chi connectivity index (χ3v) is 11.5. The van der Waals surface area contributed by atoms with E-state index in [-0.39, 0.29) is 23.1 Å². The molecular weight excluding hydrogens is 430 g/mol. The number of carbonyl (C=O) groups excluding carboxylic acids is 1. The van der Waals surface area contributed by atoms with Crippen LogP contribution in [0.15, 0.2) is 54.6 Å². The lowest BCUT2D eigenvalue weighted by molar-refractivity contribution is -0.145. The first-order valence-electron chi connectivity index (χ1n) is 11.8. The monoisotopic (exact) mass is 469 g/mol. The number of likely N-dealkylation sites (tertiary alicyclic amines) is 1. The van der Waals surface area contributed by atoms with Crippen LogP contribution in [0.25, 0.3) is 0 Å². The van der Waals surface area contributed by atoms with Crippen molar-refractivity contribution < 1.29 is 18.7 Å². The van der Waals surface area contributed by atoms with E-state index in [9.17, 15) is 4.79 Å². The number of ether oxygens (including phenoxy) is 2. The molecule has 1 amide bonds. The first-order chi connectivity index (χ1) is 15.6. The Morgan fingerprint density at radius 2 is 1.67 bits per heavy atom. The van der Waals surface area contributed by atoms with Crippen LogP contribution in [-0.2, 0) is 27.1 Å². The molecule has 0 N–H and O–H groups in total. The lowest BCUT2D eigenvalue weighted by Gasteiger charge is -2.46. The molecule has 33 heavy (non-hydrogen) atoms. The van der Waals surface area contributed by atoms with E-state index >= 15 is 0 Å². The summed E-state index contributed by atoms with van der Waals surface area (Å²) in [5.41, 5.74) is 2.20. The third kappa shape index (κ3) is 6.68. The average molecular weight is 470 g/mol. The summed E-state index contributed by atoms with van der Waals surface area (Å²) in [6.45, 7) is 12.8. The lowest BCUT2D eigenvalue weighted by Crippen LogP contribution is -2.57. The summed E-state index contributed by atoms with van der Waals surface area (Å²) in [4.78, 5) is 15.0. The van der Waals surface area contributed by atoms with E-state index in [1.807, 2.05) is 47.4 Å². The molecule has 1 heterocycles. The molecule has 2 aromatic rings. The van der Waals surface area contributed by atoms with Crippen LogP contribution in [0.5, 0.6) is 5.75 Å². The second-order valence-electron chi connectivity index (χ2n) is 10.4. The van der Waals surface area contributed by atoms with Crippen molar-refractivity contribution in [3.63, 3.8) is 0 Å². The summed E-state index contributed by atoms with van der Waals surface area (Å²) < 4.78 is 18.3. The minimum absolute atomic E-state index is 0.0300. The van der Waals surface area contributed by atoms with E-state index in [2.05, 4.69) is 46.0 Å².